The zero-order valence-corrected chi connectivity index (χ0v) is 10.2. The van der Waals surface area contributed by atoms with Crippen LogP contribution < -0.4 is 0 Å². The van der Waals surface area contributed by atoms with E-state index in [-0.39, 0.29) is 17.4 Å². The fourth-order valence-electron chi connectivity index (χ4n) is 2.11. The zero-order chi connectivity index (χ0) is 13.1. The highest BCUT2D eigenvalue weighted by molar-refractivity contribution is 5.86. The van der Waals surface area contributed by atoms with Gasteiger partial charge in [-0.2, -0.15) is 0 Å². The summed E-state index contributed by atoms with van der Waals surface area (Å²) in [4.78, 5) is 31.9. The number of carbonyl (C=O) groups is 2. The number of amides is 1. The Kier molecular flexibility index (Phi) is 3.55. The molecule has 1 N–H and O–H groups in total. The molecule has 0 spiro atoms. The molecule has 1 aromatic heterocycles. The van der Waals surface area contributed by atoms with Crippen molar-refractivity contribution in [2.75, 3.05) is 13.1 Å². The highest BCUT2D eigenvalue weighted by atomic mass is 16.4. The van der Waals surface area contributed by atoms with Gasteiger partial charge in [-0.25, -0.2) is 14.8 Å². The molecular formula is C12H15N3O3. The maximum atomic E-state index is 11.2. The zero-order valence-electron chi connectivity index (χ0n) is 10.2. The summed E-state index contributed by atoms with van der Waals surface area (Å²) in [7, 11) is 0. The third kappa shape index (κ3) is 2.64. The van der Waals surface area contributed by atoms with Crippen LogP contribution >= 0.6 is 0 Å². The van der Waals surface area contributed by atoms with Crippen molar-refractivity contribution in [1.29, 1.82) is 0 Å². The van der Waals surface area contributed by atoms with Gasteiger partial charge < -0.3 is 10.0 Å². The van der Waals surface area contributed by atoms with Gasteiger partial charge >= 0.3 is 5.97 Å². The molecule has 0 saturated carbocycles. The summed E-state index contributed by atoms with van der Waals surface area (Å²) in [5.41, 5.74) is 0.0971. The van der Waals surface area contributed by atoms with E-state index in [1.807, 2.05) is 4.90 Å². The predicted molar refractivity (Wildman–Crippen MR) is 63.2 cm³/mol. The van der Waals surface area contributed by atoms with Crippen LogP contribution in [0.15, 0.2) is 12.4 Å². The minimum Gasteiger partial charge on any atom is -0.478 e. The number of aromatic nitrogens is 2. The Morgan fingerprint density at radius 3 is 2.28 bits per heavy atom. The highest BCUT2D eigenvalue weighted by Gasteiger charge is 2.23. The molecule has 6 nitrogen and oxygen atoms in total. The van der Waals surface area contributed by atoms with E-state index in [0.29, 0.717) is 18.9 Å². The lowest BCUT2D eigenvalue weighted by Crippen LogP contribution is -2.36. The Labute approximate surface area is 105 Å². The summed E-state index contributed by atoms with van der Waals surface area (Å²) in [6.07, 6.45) is 4.32. The topological polar surface area (TPSA) is 83.4 Å². The van der Waals surface area contributed by atoms with Gasteiger partial charge in [-0.3, -0.25) is 4.79 Å². The third-order valence-electron chi connectivity index (χ3n) is 3.22. The minimum atomic E-state index is -1.02. The number of carboxylic acid groups (broad SMARTS) is 1. The van der Waals surface area contributed by atoms with Gasteiger partial charge in [0.1, 0.15) is 5.82 Å². The van der Waals surface area contributed by atoms with Gasteiger partial charge in [0.2, 0.25) is 5.91 Å². The van der Waals surface area contributed by atoms with Gasteiger partial charge in [0.25, 0.3) is 0 Å². The molecule has 0 aliphatic carbocycles. The summed E-state index contributed by atoms with van der Waals surface area (Å²) in [5.74, 6) is -0.0461. The van der Waals surface area contributed by atoms with E-state index in [2.05, 4.69) is 9.97 Å². The fraction of sp³-hybridized carbons (Fsp3) is 0.500. The van der Waals surface area contributed by atoms with Crippen LogP contribution in [0, 0.1) is 0 Å². The molecule has 1 fully saturated rings. The van der Waals surface area contributed by atoms with E-state index in [1.165, 1.54) is 12.4 Å². The summed E-state index contributed by atoms with van der Waals surface area (Å²) in [5, 5.41) is 8.76. The second kappa shape index (κ2) is 5.12. The normalized spacial score (nSPS) is 16.6. The molecule has 0 atom stereocenters. The molecule has 18 heavy (non-hydrogen) atoms. The number of hydrogen-bond acceptors (Lipinski definition) is 4. The minimum absolute atomic E-state index is 0.0931. The molecular weight excluding hydrogens is 234 g/mol. The van der Waals surface area contributed by atoms with Crippen molar-refractivity contribution in [2.45, 2.75) is 25.7 Å². The van der Waals surface area contributed by atoms with Gasteiger partial charge in [0.05, 0.1) is 5.56 Å². The van der Waals surface area contributed by atoms with E-state index in [0.717, 1.165) is 12.8 Å². The number of piperidine rings is 1. The third-order valence-corrected chi connectivity index (χ3v) is 3.22. The lowest BCUT2D eigenvalue weighted by molar-refractivity contribution is -0.129. The van der Waals surface area contributed by atoms with Gasteiger partial charge in [-0.05, 0) is 12.8 Å². The summed E-state index contributed by atoms with van der Waals surface area (Å²) >= 11 is 0. The molecule has 0 unspecified atom stereocenters. The number of carbonyl (C=O) groups excluding carboxylic acids is 1. The molecule has 96 valence electrons. The van der Waals surface area contributed by atoms with Crippen LogP contribution in [0.4, 0.5) is 0 Å². The molecule has 6 heteroatoms. The molecule has 1 aliphatic rings. The van der Waals surface area contributed by atoms with E-state index >= 15 is 0 Å². The van der Waals surface area contributed by atoms with Crippen LogP contribution in [0.1, 0.15) is 41.9 Å². The fourth-order valence-corrected chi connectivity index (χ4v) is 2.11. The Morgan fingerprint density at radius 2 is 1.83 bits per heavy atom. The van der Waals surface area contributed by atoms with Crippen molar-refractivity contribution < 1.29 is 14.7 Å². The van der Waals surface area contributed by atoms with Crippen molar-refractivity contribution in [1.82, 2.24) is 14.9 Å². The molecule has 2 heterocycles. The van der Waals surface area contributed by atoms with Crippen LogP contribution in [-0.4, -0.2) is 44.9 Å². The second-order valence-electron chi connectivity index (χ2n) is 4.42. The number of aromatic carboxylic acids is 1. The van der Waals surface area contributed by atoms with Crippen molar-refractivity contribution >= 4 is 11.9 Å². The van der Waals surface area contributed by atoms with Gasteiger partial charge in [-0.1, -0.05) is 0 Å². The standard InChI is InChI=1S/C12H15N3O3/c1-8(16)15-4-2-9(3-5-15)11-13-6-10(7-14-11)12(17)18/h6-7,9H,2-5H2,1H3,(H,17,18). The van der Waals surface area contributed by atoms with Gasteiger partial charge in [-0.15, -0.1) is 0 Å². The number of rotatable bonds is 2. The molecule has 0 aromatic carbocycles. The number of likely N-dealkylation sites (tertiary alicyclic amines) is 1. The number of carboxylic acids is 1. The predicted octanol–water partition coefficient (Wildman–Crippen LogP) is 0.901. The highest BCUT2D eigenvalue weighted by Crippen LogP contribution is 2.25. The monoisotopic (exact) mass is 249 g/mol. The van der Waals surface area contributed by atoms with Crippen molar-refractivity contribution in [3.8, 4) is 0 Å². The Balaban J connectivity index is 2.01. The van der Waals surface area contributed by atoms with E-state index < -0.39 is 5.97 Å². The van der Waals surface area contributed by atoms with E-state index in [9.17, 15) is 9.59 Å². The first-order chi connectivity index (χ1) is 8.58. The van der Waals surface area contributed by atoms with Crippen LogP contribution in [-0.2, 0) is 4.79 Å². The number of hydrogen-bond donors (Lipinski definition) is 1. The van der Waals surface area contributed by atoms with Crippen molar-refractivity contribution in [2.24, 2.45) is 0 Å². The Hall–Kier alpha value is -1.98. The Bertz CT molecular complexity index is 450. The van der Waals surface area contributed by atoms with Gasteiger partial charge in [0.15, 0.2) is 0 Å². The van der Waals surface area contributed by atoms with E-state index in [4.69, 9.17) is 5.11 Å². The number of nitrogens with zero attached hydrogens (tertiary/aromatic N) is 3. The second-order valence-corrected chi connectivity index (χ2v) is 4.42. The van der Waals surface area contributed by atoms with Crippen LogP contribution in [0.25, 0.3) is 0 Å². The van der Waals surface area contributed by atoms with Crippen molar-refractivity contribution in [3.05, 3.63) is 23.8 Å². The first-order valence-electron chi connectivity index (χ1n) is 5.88. The summed E-state index contributed by atoms with van der Waals surface area (Å²) in [6.45, 7) is 2.99. The first-order valence-corrected chi connectivity index (χ1v) is 5.88. The molecule has 1 saturated heterocycles. The molecule has 1 aliphatic heterocycles. The quantitative estimate of drug-likeness (QED) is 0.842. The average molecular weight is 249 g/mol. The lowest BCUT2D eigenvalue weighted by Gasteiger charge is -2.30. The molecule has 0 radical (unpaired) electrons. The van der Waals surface area contributed by atoms with E-state index in [1.54, 1.807) is 6.92 Å². The van der Waals surface area contributed by atoms with Crippen LogP contribution in [0.2, 0.25) is 0 Å². The largest absolute Gasteiger partial charge is 0.478 e. The average Bonchev–Trinajstić information content (AvgIpc) is 2.39. The lowest BCUT2D eigenvalue weighted by atomic mass is 9.96. The van der Waals surface area contributed by atoms with Gasteiger partial charge in [0, 0.05) is 38.3 Å². The smallest absolute Gasteiger partial charge is 0.338 e. The summed E-state index contributed by atoms with van der Waals surface area (Å²) < 4.78 is 0. The molecule has 2 rings (SSSR count). The van der Waals surface area contributed by atoms with Crippen molar-refractivity contribution in [3.63, 3.8) is 0 Å². The molecule has 0 bridgehead atoms. The Morgan fingerprint density at radius 1 is 1.28 bits per heavy atom. The van der Waals surface area contributed by atoms with Crippen LogP contribution in [0.3, 0.4) is 0 Å². The SMILES string of the molecule is CC(=O)N1CCC(c2ncc(C(=O)O)cn2)CC1. The summed E-state index contributed by atoms with van der Waals surface area (Å²) in [6, 6.07) is 0. The molecule has 1 amide bonds. The molecule has 1 aromatic rings. The maximum Gasteiger partial charge on any atom is 0.338 e. The first kappa shape index (κ1) is 12.5. The van der Waals surface area contributed by atoms with Crippen LogP contribution in [0.5, 0.6) is 0 Å². The maximum absolute atomic E-state index is 11.2.